The Balaban J connectivity index is 2.02. The molecular weight excluding hydrogens is 427 g/mol. The van der Waals surface area contributed by atoms with Crippen LogP contribution < -0.4 is 10.9 Å². The summed E-state index contributed by atoms with van der Waals surface area (Å²) in [4.78, 5) is 32.3. The number of hydrogen-bond acceptors (Lipinski definition) is 2. The average Bonchev–Trinajstić information content (AvgIpc) is 2.62. The van der Waals surface area contributed by atoms with E-state index in [0.29, 0.717) is 32.6 Å². The van der Waals surface area contributed by atoms with Crippen molar-refractivity contribution in [2.45, 2.75) is 0 Å². The van der Waals surface area contributed by atoms with Crippen LogP contribution in [0.5, 0.6) is 0 Å². The minimum atomic E-state index is -0.0326. The molecule has 0 aliphatic heterocycles. The van der Waals surface area contributed by atoms with Crippen molar-refractivity contribution >= 4 is 66.2 Å². The molecule has 0 fully saturated rings. The van der Waals surface area contributed by atoms with Gasteiger partial charge in [-0.15, -0.1) is 0 Å². The van der Waals surface area contributed by atoms with Gasteiger partial charge >= 0.3 is 0 Å². The van der Waals surface area contributed by atoms with Gasteiger partial charge in [-0.25, -0.2) is 0 Å². The second-order valence-electron chi connectivity index (χ2n) is 6.09. The fraction of sp³-hybridized carbons (Fsp3) is 0. The molecule has 4 nitrogen and oxygen atoms in total. The van der Waals surface area contributed by atoms with Crippen LogP contribution in [0.1, 0.15) is 0 Å². The number of pyridine rings is 2. The monoisotopic (exact) mass is 438 g/mol. The molecule has 120 valence electrons. The van der Waals surface area contributed by atoms with Crippen LogP contribution in [0.2, 0.25) is 0 Å². The highest BCUT2D eigenvalue weighted by molar-refractivity contribution is 14.1. The molecule has 0 spiro atoms. The van der Waals surface area contributed by atoms with Gasteiger partial charge in [0.2, 0.25) is 0 Å². The molecule has 5 rings (SSSR count). The molecule has 0 aliphatic rings. The van der Waals surface area contributed by atoms with Gasteiger partial charge in [0.25, 0.3) is 0 Å². The summed E-state index contributed by atoms with van der Waals surface area (Å²) in [6.07, 6.45) is 0. The van der Waals surface area contributed by atoms with Crippen LogP contribution in [-0.2, 0) is 0 Å². The van der Waals surface area contributed by atoms with Gasteiger partial charge in [-0.05, 0) is 65.1 Å². The number of aromatic nitrogens is 2. The lowest BCUT2D eigenvalue weighted by molar-refractivity contribution is 1.45. The van der Waals surface area contributed by atoms with E-state index in [1.54, 1.807) is 12.1 Å². The molecule has 25 heavy (non-hydrogen) atoms. The van der Waals surface area contributed by atoms with E-state index in [-0.39, 0.29) is 10.9 Å². The van der Waals surface area contributed by atoms with Crippen molar-refractivity contribution in [3.8, 4) is 0 Å². The maximum Gasteiger partial charge on any atom is 0.197 e. The van der Waals surface area contributed by atoms with Crippen molar-refractivity contribution in [2.75, 3.05) is 0 Å². The van der Waals surface area contributed by atoms with Crippen LogP contribution >= 0.6 is 22.6 Å². The summed E-state index contributed by atoms with van der Waals surface area (Å²) in [7, 11) is 0. The number of rotatable bonds is 0. The number of aromatic amines is 2. The predicted molar refractivity (Wildman–Crippen MR) is 110 cm³/mol. The Bertz CT molecular complexity index is 1450. The van der Waals surface area contributed by atoms with E-state index in [1.165, 1.54) is 0 Å². The fourth-order valence-electron chi connectivity index (χ4n) is 3.37. The van der Waals surface area contributed by atoms with Crippen molar-refractivity contribution < 1.29 is 0 Å². The van der Waals surface area contributed by atoms with Gasteiger partial charge in [-0.2, -0.15) is 0 Å². The second kappa shape index (κ2) is 5.16. The van der Waals surface area contributed by atoms with Crippen molar-refractivity contribution in [3.63, 3.8) is 0 Å². The van der Waals surface area contributed by atoms with Crippen molar-refractivity contribution in [2.24, 2.45) is 0 Å². The third-order valence-corrected chi connectivity index (χ3v) is 5.25. The summed E-state index contributed by atoms with van der Waals surface area (Å²) < 4.78 is 1.01. The predicted octanol–water partition coefficient (Wildman–Crippen LogP) is 4.28. The maximum atomic E-state index is 12.9. The van der Waals surface area contributed by atoms with E-state index in [9.17, 15) is 9.59 Å². The standard InChI is InChI=1S/C20H11IN2O2/c21-10-5-6-16-12(7-10)20(25)14-9-17-13(8-18(14)23-16)19(24)11-3-1-2-4-15(11)22-17/h1-9H,(H,22,24)(H,23,25). The molecule has 0 saturated heterocycles. The van der Waals surface area contributed by atoms with Crippen molar-refractivity contribution in [1.82, 2.24) is 9.97 Å². The highest BCUT2D eigenvalue weighted by Crippen LogP contribution is 2.22. The van der Waals surface area contributed by atoms with Crippen LogP contribution in [0, 0.1) is 3.57 Å². The number of halogens is 1. The quantitative estimate of drug-likeness (QED) is 0.280. The van der Waals surface area contributed by atoms with Crippen LogP contribution in [0.3, 0.4) is 0 Å². The Hall–Kier alpha value is -2.67. The highest BCUT2D eigenvalue weighted by Gasteiger charge is 2.11. The first-order chi connectivity index (χ1) is 12.1. The number of H-pyrrole nitrogens is 2. The lowest BCUT2D eigenvalue weighted by Gasteiger charge is -2.07. The minimum absolute atomic E-state index is 0.0295. The molecule has 2 aromatic heterocycles. The zero-order valence-electron chi connectivity index (χ0n) is 12.9. The summed E-state index contributed by atoms with van der Waals surface area (Å²) in [5, 5.41) is 2.45. The summed E-state index contributed by atoms with van der Waals surface area (Å²) >= 11 is 2.20. The SMILES string of the molecule is O=c1c2ccccc2[nH]c2cc3c(=O)c4cc(I)ccc4[nH]c3cc12. The molecular formula is C20H11IN2O2. The van der Waals surface area contributed by atoms with Gasteiger partial charge in [-0.3, -0.25) is 9.59 Å². The minimum Gasteiger partial charge on any atom is -0.354 e. The molecule has 5 heteroatoms. The molecule has 0 bridgehead atoms. The normalized spacial score (nSPS) is 11.7. The highest BCUT2D eigenvalue weighted by atomic mass is 127. The van der Waals surface area contributed by atoms with Crippen molar-refractivity contribution in [3.05, 3.63) is 78.6 Å². The summed E-state index contributed by atoms with van der Waals surface area (Å²) in [6, 6.07) is 16.7. The van der Waals surface area contributed by atoms with Crippen molar-refractivity contribution in [1.29, 1.82) is 0 Å². The summed E-state index contributed by atoms with van der Waals surface area (Å²) in [5.41, 5.74) is 2.83. The molecule has 0 unspecified atom stereocenters. The molecule has 0 saturated carbocycles. The van der Waals surface area contributed by atoms with Gasteiger partial charge in [0.15, 0.2) is 10.9 Å². The lowest BCUT2D eigenvalue weighted by atomic mass is 10.1. The second-order valence-corrected chi connectivity index (χ2v) is 7.33. The first kappa shape index (κ1) is 14.7. The van der Waals surface area contributed by atoms with E-state index >= 15 is 0 Å². The van der Waals surface area contributed by atoms with E-state index in [1.807, 2.05) is 42.5 Å². The number of benzene rings is 3. The van der Waals surface area contributed by atoms with Gasteiger partial charge in [0.1, 0.15) is 0 Å². The summed E-state index contributed by atoms with van der Waals surface area (Å²) in [5.74, 6) is 0. The lowest BCUT2D eigenvalue weighted by Crippen LogP contribution is -2.08. The zero-order chi connectivity index (χ0) is 17.1. The van der Waals surface area contributed by atoms with Crippen LogP contribution in [0.15, 0.2) is 64.2 Å². The summed E-state index contributed by atoms with van der Waals surface area (Å²) in [6.45, 7) is 0. The molecule has 0 amide bonds. The first-order valence-corrected chi connectivity index (χ1v) is 8.90. The van der Waals surface area contributed by atoms with E-state index in [2.05, 4.69) is 32.6 Å². The van der Waals surface area contributed by atoms with E-state index in [4.69, 9.17) is 0 Å². The van der Waals surface area contributed by atoms with Crippen LogP contribution in [0.4, 0.5) is 0 Å². The Labute approximate surface area is 154 Å². The molecule has 5 aromatic rings. The molecule has 3 aromatic carbocycles. The Morgan fingerprint density at radius 3 is 1.88 bits per heavy atom. The molecule has 0 atom stereocenters. The molecule has 2 N–H and O–H groups in total. The number of para-hydroxylation sites is 1. The third kappa shape index (κ3) is 2.12. The average molecular weight is 438 g/mol. The first-order valence-electron chi connectivity index (χ1n) is 7.82. The maximum absolute atomic E-state index is 12.9. The van der Waals surface area contributed by atoms with E-state index < -0.39 is 0 Å². The Morgan fingerprint density at radius 2 is 1.16 bits per heavy atom. The number of nitrogens with one attached hydrogen (secondary N) is 2. The molecule has 0 aliphatic carbocycles. The van der Waals surface area contributed by atoms with Gasteiger partial charge in [0.05, 0.1) is 11.0 Å². The number of hydrogen-bond donors (Lipinski definition) is 2. The van der Waals surface area contributed by atoms with Gasteiger partial charge < -0.3 is 9.97 Å². The number of fused-ring (bicyclic) bond motifs is 4. The fourth-order valence-corrected chi connectivity index (χ4v) is 3.86. The Kier molecular flexibility index (Phi) is 3.03. The van der Waals surface area contributed by atoms with Crippen LogP contribution in [0.25, 0.3) is 43.6 Å². The molecule has 2 heterocycles. The Morgan fingerprint density at radius 1 is 0.600 bits per heavy atom. The zero-order valence-corrected chi connectivity index (χ0v) is 15.0. The van der Waals surface area contributed by atoms with E-state index in [0.717, 1.165) is 14.6 Å². The van der Waals surface area contributed by atoms with Gasteiger partial charge in [-0.1, -0.05) is 12.1 Å². The smallest absolute Gasteiger partial charge is 0.197 e. The topological polar surface area (TPSA) is 65.7 Å². The largest absolute Gasteiger partial charge is 0.354 e. The van der Waals surface area contributed by atoms with Crippen LogP contribution in [-0.4, -0.2) is 9.97 Å². The molecule has 0 radical (unpaired) electrons. The van der Waals surface area contributed by atoms with Gasteiger partial charge in [0, 0.05) is 36.1 Å². The third-order valence-electron chi connectivity index (χ3n) is 4.58.